The van der Waals surface area contributed by atoms with Crippen LogP contribution in [0.3, 0.4) is 0 Å². The standard InChI is InChI=1S/C13H26N4/c1-4-10-17-13(7-9-15-17)12(14)8-11-16(5-2)6-3/h7,9,12H,4-6,8,10-11,14H2,1-3H3. The highest BCUT2D eigenvalue weighted by molar-refractivity contribution is 5.06. The fourth-order valence-corrected chi connectivity index (χ4v) is 2.07. The first-order chi connectivity index (χ1) is 8.22. The Morgan fingerprint density at radius 1 is 1.35 bits per heavy atom. The van der Waals surface area contributed by atoms with E-state index in [2.05, 4.69) is 30.8 Å². The molecule has 98 valence electrons. The molecule has 0 aliphatic carbocycles. The largest absolute Gasteiger partial charge is 0.323 e. The maximum atomic E-state index is 6.24. The van der Waals surface area contributed by atoms with Gasteiger partial charge in [0.05, 0.1) is 5.69 Å². The van der Waals surface area contributed by atoms with Crippen LogP contribution in [0.25, 0.3) is 0 Å². The molecule has 1 aromatic rings. The number of aromatic nitrogens is 2. The summed E-state index contributed by atoms with van der Waals surface area (Å²) in [6.07, 6.45) is 3.94. The summed E-state index contributed by atoms with van der Waals surface area (Å²) in [5.74, 6) is 0. The second-order valence-electron chi connectivity index (χ2n) is 4.40. The van der Waals surface area contributed by atoms with Gasteiger partial charge in [-0.15, -0.1) is 0 Å². The van der Waals surface area contributed by atoms with Crippen LogP contribution in [0.2, 0.25) is 0 Å². The van der Waals surface area contributed by atoms with E-state index in [1.54, 1.807) is 0 Å². The van der Waals surface area contributed by atoms with Gasteiger partial charge in [-0.2, -0.15) is 5.10 Å². The lowest BCUT2D eigenvalue weighted by atomic mass is 10.1. The maximum absolute atomic E-state index is 6.24. The molecule has 1 aromatic heterocycles. The summed E-state index contributed by atoms with van der Waals surface area (Å²) >= 11 is 0. The van der Waals surface area contributed by atoms with Crippen molar-refractivity contribution in [2.24, 2.45) is 5.73 Å². The van der Waals surface area contributed by atoms with E-state index < -0.39 is 0 Å². The van der Waals surface area contributed by atoms with Crippen molar-refractivity contribution < 1.29 is 0 Å². The van der Waals surface area contributed by atoms with Gasteiger partial charge in [-0.1, -0.05) is 20.8 Å². The molecule has 1 unspecified atom stereocenters. The summed E-state index contributed by atoms with van der Waals surface area (Å²) in [6, 6.07) is 2.15. The fraction of sp³-hybridized carbons (Fsp3) is 0.769. The molecule has 0 fully saturated rings. The van der Waals surface area contributed by atoms with Gasteiger partial charge in [0.15, 0.2) is 0 Å². The zero-order chi connectivity index (χ0) is 12.7. The van der Waals surface area contributed by atoms with E-state index in [4.69, 9.17) is 5.73 Å². The van der Waals surface area contributed by atoms with Gasteiger partial charge in [-0.05, 0) is 38.5 Å². The SMILES string of the molecule is CCCn1nccc1C(N)CCN(CC)CC. The van der Waals surface area contributed by atoms with Crippen LogP contribution in [-0.2, 0) is 6.54 Å². The molecule has 2 N–H and O–H groups in total. The van der Waals surface area contributed by atoms with Gasteiger partial charge in [0.25, 0.3) is 0 Å². The van der Waals surface area contributed by atoms with E-state index in [1.165, 1.54) is 5.69 Å². The summed E-state index contributed by atoms with van der Waals surface area (Å²) in [7, 11) is 0. The lowest BCUT2D eigenvalue weighted by Crippen LogP contribution is -2.28. The topological polar surface area (TPSA) is 47.1 Å². The number of rotatable bonds is 8. The summed E-state index contributed by atoms with van der Waals surface area (Å²) in [5.41, 5.74) is 7.41. The lowest BCUT2D eigenvalue weighted by Gasteiger charge is -2.21. The molecule has 1 heterocycles. The molecule has 4 heteroatoms. The van der Waals surface area contributed by atoms with Crippen molar-refractivity contribution in [3.8, 4) is 0 Å². The number of aryl methyl sites for hydroxylation is 1. The van der Waals surface area contributed by atoms with E-state index in [0.29, 0.717) is 0 Å². The van der Waals surface area contributed by atoms with Crippen LogP contribution in [0.1, 0.15) is 45.3 Å². The molecule has 0 aliphatic rings. The quantitative estimate of drug-likeness (QED) is 0.754. The average Bonchev–Trinajstić information content (AvgIpc) is 2.79. The van der Waals surface area contributed by atoms with Gasteiger partial charge in [0, 0.05) is 18.8 Å². The van der Waals surface area contributed by atoms with Crippen LogP contribution in [0.5, 0.6) is 0 Å². The summed E-state index contributed by atoms with van der Waals surface area (Å²) in [5, 5.41) is 4.32. The van der Waals surface area contributed by atoms with Crippen molar-refractivity contribution in [2.45, 2.75) is 46.2 Å². The monoisotopic (exact) mass is 238 g/mol. The molecule has 0 saturated carbocycles. The van der Waals surface area contributed by atoms with Gasteiger partial charge in [-0.25, -0.2) is 0 Å². The Morgan fingerprint density at radius 2 is 2.06 bits per heavy atom. The zero-order valence-corrected chi connectivity index (χ0v) is 11.4. The Balaban J connectivity index is 2.51. The van der Waals surface area contributed by atoms with Crippen LogP contribution in [-0.4, -0.2) is 34.3 Å². The van der Waals surface area contributed by atoms with Crippen molar-refractivity contribution in [3.63, 3.8) is 0 Å². The molecule has 1 atom stereocenters. The van der Waals surface area contributed by atoms with Crippen LogP contribution >= 0.6 is 0 Å². The molecular weight excluding hydrogens is 212 g/mol. The summed E-state index contributed by atoms with van der Waals surface area (Å²) < 4.78 is 2.03. The zero-order valence-electron chi connectivity index (χ0n) is 11.4. The third kappa shape index (κ3) is 4.13. The highest BCUT2D eigenvalue weighted by Crippen LogP contribution is 2.14. The van der Waals surface area contributed by atoms with Crippen LogP contribution in [0.4, 0.5) is 0 Å². The maximum Gasteiger partial charge on any atom is 0.0551 e. The highest BCUT2D eigenvalue weighted by Gasteiger charge is 2.12. The third-order valence-electron chi connectivity index (χ3n) is 3.22. The molecule has 0 aliphatic heterocycles. The van der Waals surface area contributed by atoms with Crippen molar-refractivity contribution in [1.82, 2.24) is 14.7 Å². The smallest absolute Gasteiger partial charge is 0.0551 e. The van der Waals surface area contributed by atoms with Crippen LogP contribution in [0, 0.1) is 0 Å². The Morgan fingerprint density at radius 3 is 2.65 bits per heavy atom. The predicted octanol–water partition coefficient (Wildman–Crippen LogP) is 2.02. The second-order valence-corrected chi connectivity index (χ2v) is 4.40. The lowest BCUT2D eigenvalue weighted by molar-refractivity contribution is 0.288. The first kappa shape index (κ1) is 14.2. The van der Waals surface area contributed by atoms with E-state index in [9.17, 15) is 0 Å². The minimum absolute atomic E-state index is 0.102. The highest BCUT2D eigenvalue weighted by atomic mass is 15.3. The molecular formula is C13H26N4. The van der Waals surface area contributed by atoms with Crippen molar-refractivity contribution in [2.75, 3.05) is 19.6 Å². The Bertz CT molecular complexity index is 304. The predicted molar refractivity (Wildman–Crippen MR) is 71.9 cm³/mol. The number of nitrogens with two attached hydrogens (primary N) is 1. The van der Waals surface area contributed by atoms with Crippen molar-refractivity contribution in [1.29, 1.82) is 0 Å². The first-order valence-corrected chi connectivity index (χ1v) is 6.72. The fourth-order valence-electron chi connectivity index (χ4n) is 2.07. The van der Waals surface area contributed by atoms with Gasteiger partial charge >= 0.3 is 0 Å². The molecule has 0 spiro atoms. The molecule has 0 bridgehead atoms. The van der Waals surface area contributed by atoms with E-state index >= 15 is 0 Å². The molecule has 4 nitrogen and oxygen atoms in total. The van der Waals surface area contributed by atoms with Crippen molar-refractivity contribution in [3.05, 3.63) is 18.0 Å². The normalized spacial score (nSPS) is 13.2. The number of hydrogen-bond acceptors (Lipinski definition) is 3. The molecule has 0 saturated heterocycles. The number of nitrogens with zero attached hydrogens (tertiary/aromatic N) is 3. The summed E-state index contributed by atoms with van der Waals surface area (Å²) in [6.45, 7) is 10.8. The number of hydrogen-bond donors (Lipinski definition) is 1. The van der Waals surface area contributed by atoms with Gasteiger partial charge in [0.1, 0.15) is 0 Å². The van der Waals surface area contributed by atoms with E-state index in [-0.39, 0.29) is 6.04 Å². The minimum Gasteiger partial charge on any atom is -0.323 e. The molecule has 0 amide bonds. The van der Waals surface area contributed by atoms with Gasteiger partial charge in [-0.3, -0.25) is 4.68 Å². The Kier molecular flexibility index (Phi) is 6.22. The Labute approximate surface area is 105 Å². The molecule has 1 rings (SSSR count). The van der Waals surface area contributed by atoms with Crippen LogP contribution in [0.15, 0.2) is 12.3 Å². The molecule has 0 aromatic carbocycles. The average molecular weight is 238 g/mol. The second kappa shape index (κ2) is 7.45. The van der Waals surface area contributed by atoms with E-state index in [0.717, 1.165) is 39.0 Å². The molecule has 0 radical (unpaired) electrons. The Hall–Kier alpha value is -0.870. The third-order valence-corrected chi connectivity index (χ3v) is 3.22. The molecule has 17 heavy (non-hydrogen) atoms. The van der Waals surface area contributed by atoms with Gasteiger partial charge in [0.2, 0.25) is 0 Å². The van der Waals surface area contributed by atoms with Gasteiger partial charge < -0.3 is 10.6 Å². The summed E-state index contributed by atoms with van der Waals surface area (Å²) in [4.78, 5) is 2.40. The minimum atomic E-state index is 0.102. The van der Waals surface area contributed by atoms with Crippen LogP contribution < -0.4 is 5.73 Å². The first-order valence-electron chi connectivity index (χ1n) is 6.72. The van der Waals surface area contributed by atoms with E-state index in [1.807, 2.05) is 16.9 Å². The van der Waals surface area contributed by atoms with Crippen molar-refractivity contribution >= 4 is 0 Å².